The number of halogens is 1. The highest BCUT2D eigenvalue weighted by Crippen LogP contribution is 2.33. The van der Waals surface area contributed by atoms with Gasteiger partial charge in [-0.05, 0) is 42.8 Å². The molecule has 0 radical (unpaired) electrons. The second kappa shape index (κ2) is 6.73. The Morgan fingerprint density at radius 1 is 1.04 bits per heavy atom. The van der Waals surface area contributed by atoms with Gasteiger partial charge in [-0.2, -0.15) is 0 Å². The standard InChI is InChI=1S/C19H20ClN3OS/c1-13-3-4-14(20)11-17(13)22-7-9-23(10-8-22)19-21-16-6-5-15(24-2)12-18(16)25-19/h3-6,11-12H,7-10H2,1-2H3. The molecule has 130 valence electrons. The van der Waals surface area contributed by atoms with Crippen LogP contribution in [0.2, 0.25) is 5.02 Å². The number of hydrogen-bond acceptors (Lipinski definition) is 5. The lowest BCUT2D eigenvalue weighted by Gasteiger charge is -2.36. The summed E-state index contributed by atoms with van der Waals surface area (Å²) in [7, 11) is 1.69. The highest BCUT2D eigenvalue weighted by Gasteiger charge is 2.21. The van der Waals surface area contributed by atoms with Gasteiger partial charge in [0, 0.05) is 36.9 Å². The lowest BCUT2D eigenvalue weighted by molar-refractivity contribution is 0.415. The van der Waals surface area contributed by atoms with Gasteiger partial charge in [0.05, 0.1) is 17.3 Å². The zero-order valence-electron chi connectivity index (χ0n) is 14.3. The molecular formula is C19H20ClN3OS. The van der Waals surface area contributed by atoms with Crippen LogP contribution < -0.4 is 14.5 Å². The minimum absolute atomic E-state index is 0.795. The van der Waals surface area contributed by atoms with Gasteiger partial charge in [0.25, 0.3) is 0 Å². The highest BCUT2D eigenvalue weighted by molar-refractivity contribution is 7.22. The fraction of sp³-hybridized carbons (Fsp3) is 0.316. The first kappa shape index (κ1) is 16.5. The lowest BCUT2D eigenvalue weighted by atomic mass is 10.1. The number of benzene rings is 2. The second-order valence-electron chi connectivity index (χ2n) is 6.23. The molecule has 0 atom stereocenters. The fourth-order valence-corrected chi connectivity index (χ4v) is 4.43. The van der Waals surface area contributed by atoms with E-state index in [2.05, 4.69) is 34.9 Å². The van der Waals surface area contributed by atoms with Crippen molar-refractivity contribution in [3.8, 4) is 5.75 Å². The summed E-state index contributed by atoms with van der Waals surface area (Å²) in [4.78, 5) is 9.57. The molecule has 2 heterocycles. The minimum Gasteiger partial charge on any atom is -0.497 e. The van der Waals surface area contributed by atoms with E-state index in [1.165, 1.54) is 16.0 Å². The average Bonchev–Trinajstić information content (AvgIpc) is 3.07. The van der Waals surface area contributed by atoms with Gasteiger partial charge in [-0.3, -0.25) is 0 Å². The Labute approximate surface area is 156 Å². The van der Waals surface area contributed by atoms with Gasteiger partial charge in [-0.25, -0.2) is 4.98 Å². The van der Waals surface area contributed by atoms with Crippen LogP contribution >= 0.6 is 22.9 Å². The molecule has 2 aromatic carbocycles. The Hall–Kier alpha value is -1.98. The van der Waals surface area contributed by atoms with E-state index in [4.69, 9.17) is 21.3 Å². The summed E-state index contributed by atoms with van der Waals surface area (Å²) in [5, 5.41) is 1.88. The number of anilines is 2. The maximum Gasteiger partial charge on any atom is 0.186 e. The molecule has 0 bridgehead atoms. The number of piperazine rings is 1. The van der Waals surface area contributed by atoms with Crippen LogP contribution in [0.25, 0.3) is 10.2 Å². The monoisotopic (exact) mass is 373 g/mol. The molecule has 4 rings (SSSR count). The predicted molar refractivity (Wildman–Crippen MR) is 107 cm³/mol. The van der Waals surface area contributed by atoms with Crippen LogP contribution in [-0.4, -0.2) is 38.3 Å². The Kier molecular flexibility index (Phi) is 4.44. The molecule has 1 saturated heterocycles. The molecule has 0 spiro atoms. The van der Waals surface area contributed by atoms with Crippen LogP contribution in [-0.2, 0) is 0 Å². The first-order chi connectivity index (χ1) is 12.1. The molecule has 25 heavy (non-hydrogen) atoms. The summed E-state index contributed by atoms with van der Waals surface area (Å²) < 4.78 is 6.48. The number of aromatic nitrogens is 1. The lowest BCUT2D eigenvalue weighted by Crippen LogP contribution is -2.46. The van der Waals surface area contributed by atoms with Crippen LogP contribution in [0.5, 0.6) is 5.75 Å². The van der Waals surface area contributed by atoms with Crippen LogP contribution in [0, 0.1) is 6.92 Å². The topological polar surface area (TPSA) is 28.6 Å². The zero-order chi connectivity index (χ0) is 17.4. The molecule has 1 fully saturated rings. The maximum atomic E-state index is 6.17. The first-order valence-electron chi connectivity index (χ1n) is 8.35. The summed E-state index contributed by atoms with van der Waals surface area (Å²) in [5.74, 6) is 0.879. The maximum absolute atomic E-state index is 6.17. The predicted octanol–water partition coefficient (Wildman–Crippen LogP) is 4.59. The van der Waals surface area contributed by atoms with Gasteiger partial charge in [0.2, 0.25) is 0 Å². The van der Waals surface area contributed by atoms with Crippen molar-refractivity contribution < 1.29 is 4.74 Å². The number of nitrogens with zero attached hydrogens (tertiary/aromatic N) is 3. The van der Waals surface area contributed by atoms with Gasteiger partial charge in [-0.1, -0.05) is 29.0 Å². The summed E-state index contributed by atoms with van der Waals surface area (Å²) in [6.45, 7) is 6.01. The molecule has 6 heteroatoms. The van der Waals surface area contributed by atoms with Gasteiger partial charge in [0.1, 0.15) is 5.75 Å². The fourth-order valence-electron chi connectivity index (χ4n) is 3.22. The van der Waals surface area contributed by atoms with Crippen molar-refractivity contribution in [3.05, 3.63) is 47.0 Å². The molecule has 0 saturated carbocycles. The van der Waals surface area contributed by atoms with Gasteiger partial charge in [0.15, 0.2) is 5.13 Å². The Bertz CT molecular complexity index is 903. The van der Waals surface area contributed by atoms with Gasteiger partial charge < -0.3 is 14.5 Å². The van der Waals surface area contributed by atoms with Crippen molar-refractivity contribution in [2.45, 2.75) is 6.92 Å². The van der Waals surface area contributed by atoms with E-state index in [9.17, 15) is 0 Å². The largest absolute Gasteiger partial charge is 0.497 e. The number of methoxy groups -OCH3 is 1. The van der Waals surface area contributed by atoms with Crippen molar-refractivity contribution in [2.75, 3.05) is 43.1 Å². The van der Waals surface area contributed by atoms with Crippen LogP contribution in [0.15, 0.2) is 36.4 Å². The molecule has 0 aliphatic carbocycles. The second-order valence-corrected chi connectivity index (χ2v) is 7.68. The molecule has 4 nitrogen and oxygen atoms in total. The minimum atomic E-state index is 0.795. The molecule has 1 aliphatic rings. The van der Waals surface area contributed by atoms with Crippen molar-refractivity contribution in [1.82, 2.24) is 4.98 Å². The van der Waals surface area contributed by atoms with Crippen LogP contribution in [0.4, 0.5) is 10.8 Å². The third kappa shape index (κ3) is 3.26. The third-order valence-electron chi connectivity index (χ3n) is 4.65. The van der Waals surface area contributed by atoms with E-state index in [0.29, 0.717) is 0 Å². The third-order valence-corrected chi connectivity index (χ3v) is 5.96. The molecule has 0 amide bonds. The number of ether oxygens (including phenoxy) is 1. The molecule has 0 N–H and O–H groups in total. The van der Waals surface area contributed by atoms with Crippen molar-refractivity contribution in [1.29, 1.82) is 0 Å². The first-order valence-corrected chi connectivity index (χ1v) is 9.54. The average molecular weight is 374 g/mol. The van der Waals surface area contributed by atoms with E-state index in [-0.39, 0.29) is 0 Å². The quantitative estimate of drug-likeness (QED) is 0.671. The van der Waals surface area contributed by atoms with Gasteiger partial charge >= 0.3 is 0 Å². The van der Waals surface area contributed by atoms with Crippen LogP contribution in [0.3, 0.4) is 0 Å². The Morgan fingerprint density at radius 3 is 2.56 bits per heavy atom. The number of thiazole rings is 1. The summed E-state index contributed by atoms with van der Waals surface area (Å²) >= 11 is 7.91. The molecule has 0 unspecified atom stereocenters. The smallest absolute Gasteiger partial charge is 0.186 e. The van der Waals surface area contributed by atoms with E-state index in [1.807, 2.05) is 18.2 Å². The van der Waals surface area contributed by atoms with Crippen molar-refractivity contribution >= 4 is 44.0 Å². The SMILES string of the molecule is COc1ccc2nc(N3CCN(c4cc(Cl)ccc4C)CC3)sc2c1. The highest BCUT2D eigenvalue weighted by atomic mass is 35.5. The molecular weight excluding hydrogens is 354 g/mol. The Balaban J connectivity index is 1.51. The number of aryl methyl sites for hydroxylation is 1. The van der Waals surface area contributed by atoms with E-state index >= 15 is 0 Å². The summed E-state index contributed by atoms with van der Waals surface area (Å²) in [6, 6.07) is 12.2. The summed E-state index contributed by atoms with van der Waals surface area (Å²) in [6.07, 6.45) is 0. The normalized spacial score (nSPS) is 15.0. The van der Waals surface area contributed by atoms with E-state index in [1.54, 1.807) is 18.4 Å². The molecule has 1 aromatic heterocycles. The van der Waals surface area contributed by atoms with Gasteiger partial charge in [-0.15, -0.1) is 0 Å². The van der Waals surface area contributed by atoms with E-state index in [0.717, 1.165) is 47.6 Å². The van der Waals surface area contributed by atoms with Crippen molar-refractivity contribution in [3.63, 3.8) is 0 Å². The summed E-state index contributed by atoms with van der Waals surface area (Å²) in [5.41, 5.74) is 3.54. The number of rotatable bonds is 3. The molecule has 1 aliphatic heterocycles. The molecule has 3 aromatic rings. The van der Waals surface area contributed by atoms with Crippen LogP contribution in [0.1, 0.15) is 5.56 Å². The number of fused-ring (bicyclic) bond motifs is 1. The number of hydrogen-bond donors (Lipinski definition) is 0. The Morgan fingerprint density at radius 2 is 1.80 bits per heavy atom. The van der Waals surface area contributed by atoms with E-state index < -0.39 is 0 Å². The zero-order valence-corrected chi connectivity index (χ0v) is 15.9. The van der Waals surface area contributed by atoms with Crippen molar-refractivity contribution in [2.24, 2.45) is 0 Å².